The van der Waals surface area contributed by atoms with Crippen LogP contribution in [-0.2, 0) is 4.74 Å². The zero-order chi connectivity index (χ0) is 16.3. The molecule has 0 aliphatic rings. The normalized spacial score (nSPS) is 11.1. The Bertz CT molecular complexity index is 700. The van der Waals surface area contributed by atoms with Gasteiger partial charge in [-0.3, -0.25) is 10.1 Å². The average Bonchev–Trinajstić information content (AvgIpc) is 2.88. The van der Waals surface area contributed by atoms with E-state index in [1.54, 1.807) is 26.8 Å². The zero-order valence-corrected chi connectivity index (χ0v) is 12.5. The van der Waals surface area contributed by atoms with Crippen molar-refractivity contribution in [3.63, 3.8) is 0 Å². The lowest BCUT2D eigenvalue weighted by atomic mass is 10.1. The van der Waals surface area contributed by atoms with Crippen LogP contribution >= 0.6 is 0 Å². The molecule has 22 heavy (non-hydrogen) atoms. The molecule has 0 aliphatic heterocycles. The molecule has 0 radical (unpaired) electrons. The largest absolute Gasteiger partial charge is 0.453 e. The van der Waals surface area contributed by atoms with E-state index in [1.807, 2.05) is 0 Å². The van der Waals surface area contributed by atoms with E-state index >= 15 is 0 Å². The van der Waals surface area contributed by atoms with Crippen LogP contribution in [-0.4, -0.2) is 18.0 Å². The van der Waals surface area contributed by atoms with Gasteiger partial charge in [0.25, 0.3) is 0 Å². The molecule has 116 valence electrons. The number of aldehydes is 1. The molecule has 5 nitrogen and oxygen atoms in total. The van der Waals surface area contributed by atoms with Crippen LogP contribution in [0.4, 0.5) is 14.9 Å². The van der Waals surface area contributed by atoms with E-state index in [0.717, 1.165) is 0 Å². The maximum Gasteiger partial charge on any atom is 0.412 e. The number of ether oxygens (including phenoxy) is 1. The van der Waals surface area contributed by atoms with Crippen molar-refractivity contribution in [1.29, 1.82) is 0 Å². The average molecular weight is 305 g/mol. The summed E-state index contributed by atoms with van der Waals surface area (Å²) in [4.78, 5) is 22.3. The van der Waals surface area contributed by atoms with Gasteiger partial charge in [0.2, 0.25) is 0 Å². The Morgan fingerprint density at radius 1 is 1.27 bits per heavy atom. The highest BCUT2D eigenvalue weighted by atomic mass is 19.1. The molecule has 0 atom stereocenters. The Hall–Kier alpha value is -2.63. The third-order valence-electron chi connectivity index (χ3n) is 2.63. The lowest BCUT2D eigenvalue weighted by molar-refractivity contribution is 0.0635. The van der Waals surface area contributed by atoms with Crippen LogP contribution in [0.5, 0.6) is 0 Å². The molecule has 6 heteroatoms. The number of amides is 1. The van der Waals surface area contributed by atoms with E-state index in [-0.39, 0.29) is 11.4 Å². The molecule has 0 aliphatic carbocycles. The van der Waals surface area contributed by atoms with E-state index in [4.69, 9.17) is 9.15 Å². The minimum atomic E-state index is -0.753. The minimum absolute atomic E-state index is 0.0317. The molecule has 0 spiro atoms. The summed E-state index contributed by atoms with van der Waals surface area (Å²) < 4.78 is 24.1. The monoisotopic (exact) mass is 305 g/mol. The van der Waals surface area contributed by atoms with Crippen molar-refractivity contribution < 1.29 is 23.1 Å². The zero-order valence-electron chi connectivity index (χ0n) is 12.5. The lowest BCUT2D eigenvalue weighted by Crippen LogP contribution is -2.27. The lowest BCUT2D eigenvalue weighted by Gasteiger charge is -2.19. The highest BCUT2D eigenvalue weighted by Gasteiger charge is 2.18. The number of hydrogen-bond donors (Lipinski definition) is 1. The molecule has 2 aromatic rings. The molecule has 0 saturated carbocycles. The molecule has 1 aromatic heterocycles. The number of rotatable bonds is 3. The summed E-state index contributed by atoms with van der Waals surface area (Å²) in [6.45, 7) is 5.13. The number of carbonyl (C=O) groups excluding carboxylic acids is 2. The molecular weight excluding hydrogens is 289 g/mol. The summed E-state index contributed by atoms with van der Waals surface area (Å²) in [7, 11) is 0. The van der Waals surface area contributed by atoms with Crippen LogP contribution < -0.4 is 5.32 Å². The predicted octanol–water partition coefficient (Wildman–Crippen LogP) is 4.25. The first kappa shape index (κ1) is 15.8. The van der Waals surface area contributed by atoms with Gasteiger partial charge < -0.3 is 9.15 Å². The van der Waals surface area contributed by atoms with Gasteiger partial charge in [-0.1, -0.05) is 0 Å². The summed E-state index contributed by atoms with van der Waals surface area (Å²) in [5, 5.41) is 2.35. The second-order valence-corrected chi connectivity index (χ2v) is 5.64. The van der Waals surface area contributed by atoms with Crippen LogP contribution in [0.1, 0.15) is 31.3 Å². The first-order valence-electron chi connectivity index (χ1n) is 6.63. The number of hydrogen-bond acceptors (Lipinski definition) is 4. The van der Waals surface area contributed by atoms with Gasteiger partial charge in [-0.05, 0) is 51.1 Å². The third-order valence-corrected chi connectivity index (χ3v) is 2.63. The van der Waals surface area contributed by atoms with Crippen molar-refractivity contribution in [3.8, 4) is 11.3 Å². The molecule has 0 saturated heterocycles. The van der Waals surface area contributed by atoms with Gasteiger partial charge in [-0.25, -0.2) is 9.18 Å². The maximum absolute atomic E-state index is 13.8. The Labute approximate surface area is 127 Å². The number of benzene rings is 1. The van der Waals surface area contributed by atoms with Gasteiger partial charge in [0.15, 0.2) is 12.0 Å². The summed E-state index contributed by atoms with van der Waals surface area (Å²) in [5.41, 5.74) is -0.186. The topological polar surface area (TPSA) is 68.5 Å². The fourth-order valence-corrected chi connectivity index (χ4v) is 1.76. The molecular formula is C16H16FNO4. The molecule has 2 rings (SSSR count). The number of carbonyl (C=O) groups is 2. The number of furan rings is 1. The van der Waals surface area contributed by atoms with Gasteiger partial charge in [0, 0.05) is 5.56 Å². The Morgan fingerprint density at radius 2 is 2.00 bits per heavy atom. The first-order valence-corrected chi connectivity index (χ1v) is 6.63. The number of nitrogens with one attached hydrogen (secondary N) is 1. The Morgan fingerprint density at radius 3 is 2.59 bits per heavy atom. The van der Waals surface area contributed by atoms with Gasteiger partial charge >= 0.3 is 6.09 Å². The highest BCUT2D eigenvalue weighted by Crippen LogP contribution is 2.26. The Kier molecular flexibility index (Phi) is 4.30. The predicted molar refractivity (Wildman–Crippen MR) is 79.3 cm³/mol. The molecule has 1 aromatic carbocycles. The van der Waals surface area contributed by atoms with Crippen LogP contribution in [0.3, 0.4) is 0 Å². The van der Waals surface area contributed by atoms with Crippen molar-refractivity contribution >= 4 is 18.1 Å². The van der Waals surface area contributed by atoms with Gasteiger partial charge in [-0.15, -0.1) is 0 Å². The number of halogens is 1. The molecule has 0 unspecified atom stereocenters. The highest BCUT2D eigenvalue weighted by molar-refractivity contribution is 5.86. The van der Waals surface area contributed by atoms with Crippen molar-refractivity contribution in [2.24, 2.45) is 0 Å². The SMILES string of the molecule is CC(C)(C)OC(=O)Nc1cc(-c2ccc(C=O)o2)ccc1F. The summed E-state index contributed by atoms with van der Waals surface area (Å²) in [6.07, 6.45) is -0.177. The second-order valence-electron chi connectivity index (χ2n) is 5.64. The molecule has 0 fully saturated rings. The quantitative estimate of drug-likeness (QED) is 0.861. The standard InChI is InChI=1S/C16H16FNO4/c1-16(2,3)22-15(20)18-13-8-10(4-6-12(13)17)14-7-5-11(9-19)21-14/h4-9H,1-3H3,(H,18,20). The van der Waals surface area contributed by atoms with E-state index in [2.05, 4.69) is 5.32 Å². The molecule has 1 N–H and O–H groups in total. The van der Waals surface area contributed by atoms with Crippen molar-refractivity contribution in [2.75, 3.05) is 5.32 Å². The maximum atomic E-state index is 13.8. The van der Waals surface area contributed by atoms with Gasteiger partial charge in [0.05, 0.1) is 5.69 Å². The molecule has 1 amide bonds. The number of anilines is 1. The van der Waals surface area contributed by atoms with Crippen molar-refractivity contribution in [1.82, 2.24) is 0 Å². The third kappa shape index (κ3) is 3.94. The van der Waals surface area contributed by atoms with Gasteiger partial charge in [-0.2, -0.15) is 0 Å². The van der Waals surface area contributed by atoms with Crippen molar-refractivity contribution in [3.05, 3.63) is 41.9 Å². The summed E-state index contributed by atoms with van der Waals surface area (Å²) >= 11 is 0. The fourth-order valence-electron chi connectivity index (χ4n) is 1.76. The summed E-state index contributed by atoms with van der Waals surface area (Å²) in [5.74, 6) is -0.0351. The summed E-state index contributed by atoms with van der Waals surface area (Å²) in [6, 6.07) is 7.20. The fraction of sp³-hybridized carbons (Fsp3) is 0.250. The van der Waals surface area contributed by atoms with Crippen molar-refractivity contribution in [2.45, 2.75) is 26.4 Å². The van der Waals surface area contributed by atoms with Crippen LogP contribution in [0.2, 0.25) is 0 Å². The van der Waals surface area contributed by atoms with E-state index in [0.29, 0.717) is 17.6 Å². The Balaban J connectivity index is 2.23. The smallest absolute Gasteiger partial charge is 0.412 e. The van der Waals surface area contributed by atoms with Crippen LogP contribution in [0.25, 0.3) is 11.3 Å². The van der Waals surface area contributed by atoms with E-state index < -0.39 is 17.5 Å². The van der Waals surface area contributed by atoms with Crippen LogP contribution in [0.15, 0.2) is 34.7 Å². The van der Waals surface area contributed by atoms with E-state index in [1.165, 1.54) is 24.3 Å². The minimum Gasteiger partial charge on any atom is -0.453 e. The van der Waals surface area contributed by atoms with Crippen LogP contribution in [0, 0.1) is 5.82 Å². The molecule has 0 bridgehead atoms. The second kappa shape index (κ2) is 6.01. The molecule has 1 heterocycles. The van der Waals surface area contributed by atoms with E-state index in [9.17, 15) is 14.0 Å². The van der Waals surface area contributed by atoms with Gasteiger partial charge in [0.1, 0.15) is 17.2 Å². The first-order chi connectivity index (χ1) is 10.3.